The number of nitrogens with zero attached hydrogens (tertiary/aromatic N) is 2. The molecule has 5 heteroatoms. The van der Waals surface area contributed by atoms with Crippen LogP contribution in [0.15, 0.2) is 77.3 Å². The van der Waals surface area contributed by atoms with Crippen LogP contribution >= 0.6 is 15.9 Å². The third-order valence-corrected chi connectivity index (χ3v) is 7.71. The Morgan fingerprint density at radius 3 is 2.57 bits per heavy atom. The van der Waals surface area contributed by atoms with Gasteiger partial charge in [0.1, 0.15) is 5.60 Å². The molecule has 3 aromatic carbocycles. The van der Waals surface area contributed by atoms with E-state index in [1.54, 1.807) is 7.11 Å². The highest BCUT2D eigenvalue weighted by Crippen LogP contribution is 2.54. The SMILES string of the molecule is COc1nc2ccc(Br)cc2cc1[C@H](c1ccccc1)[C@@]1(O)c2cc(C)ccc2C[C@@H]1CN(C)C. The average molecular weight is 531 g/mol. The standard InChI is InChI=1S/C30H31BrN2O2/c1-19-10-11-21-15-23(18-33(2)3)30(34,26(21)14-19)28(20-8-6-5-7-9-20)25-17-22-16-24(31)12-13-27(22)32-29(25)35-4/h5-14,16-17,23,28,34H,15,18H2,1-4H3/t23-,28+,30+/m1/s1. The van der Waals surface area contributed by atoms with E-state index in [0.717, 1.165) is 50.6 Å². The first-order valence-corrected chi connectivity index (χ1v) is 12.8. The highest BCUT2D eigenvalue weighted by Gasteiger charge is 2.52. The summed E-state index contributed by atoms with van der Waals surface area (Å²) < 4.78 is 6.87. The number of ether oxygens (including phenoxy) is 1. The molecular formula is C30H31BrN2O2. The number of halogens is 1. The molecule has 0 amide bonds. The van der Waals surface area contributed by atoms with E-state index in [1.165, 1.54) is 5.56 Å². The number of rotatable bonds is 6. The van der Waals surface area contributed by atoms with Gasteiger partial charge in [-0.25, -0.2) is 4.98 Å². The lowest BCUT2D eigenvalue weighted by atomic mass is 9.69. The quantitative estimate of drug-likeness (QED) is 0.328. The molecule has 1 heterocycles. The second-order valence-corrected chi connectivity index (χ2v) is 10.8. The van der Waals surface area contributed by atoms with Gasteiger partial charge in [0.25, 0.3) is 0 Å². The van der Waals surface area contributed by atoms with E-state index in [1.807, 2.05) is 30.3 Å². The van der Waals surface area contributed by atoms with E-state index in [0.29, 0.717) is 5.88 Å². The van der Waals surface area contributed by atoms with Crippen LogP contribution in [0.1, 0.15) is 33.7 Å². The molecule has 1 aliphatic rings. The fourth-order valence-electron chi connectivity index (χ4n) is 5.75. The zero-order valence-corrected chi connectivity index (χ0v) is 22.2. The lowest BCUT2D eigenvalue weighted by Crippen LogP contribution is -2.43. The molecule has 35 heavy (non-hydrogen) atoms. The topological polar surface area (TPSA) is 45.6 Å². The van der Waals surface area contributed by atoms with Crippen LogP contribution in [0.3, 0.4) is 0 Å². The van der Waals surface area contributed by atoms with Crippen LogP contribution in [-0.2, 0) is 12.0 Å². The molecule has 0 spiro atoms. The summed E-state index contributed by atoms with van der Waals surface area (Å²) in [5, 5.41) is 14.0. The molecule has 0 radical (unpaired) electrons. The van der Waals surface area contributed by atoms with Gasteiger partial charge in [-0.05, 0) is 68.4 Å². The number of aliphatic hydroxyl groups is 1. The third kappa shape index (κ3) is 4.26. The predicted molar refractivity (Wildman–Crippen MR) is 145 cm³/mol. The Morgan fingerprint density at radius 1 is 1.09 bits per heavy atom. The van der Waals surface area contributed by atoms with Crippen LogP contribution in [0.25, 0.3) is 10.9 Å². The van der Waals surface area contributed by atoms with Crippen molar-refractivity contribution in [3.63, 3.8) is 0 Å². The molecule has 1 aromatic heterocycles. The van der Waals surface area contributed by atoms with Crippen LogP contribution in [0.4, 0.5) is 0 Å². The number of pyridine rings is 1. The normalized spacial score (nSPS) is 20.3. The number of fused-ring (bicyclic) bond motifs is 2. The summed E-state index contributed by atoms with van der Waals surface area (Å²) in [6, 6.07) is 25.0. The van der Waals surface area contributed by atoms with Crippen LogP contribution < -0.4 is 4.74 Å². The molecular weight excluding hydrogens is 500 g/mol. The van der Waals surface area contributed by atoms with Gasteiger partial charge in [0.2, 0.25) is 5.88 Å². The molecule has 0 bridgehead atoms. The van der Waals surface area contributed by atoms with E-state index < -0.39 is 5.60 Å². The van der Waals surface area contributed by atoms with Crippen molar-refractivity contribution in [2.45, 2.75) is 24.9 Å². The molecule has 3 atom stereocenters. The Kier molecular flexibility index (Phi) is 6.43. The van der Waals surface area contributed by atoms with Crippen LogP contribution in [-0.4, -0.2) is 42.7 Å². The minimum Gasteiger partial charge on any atom is -0.481 e. The Bertz CT molecular complexity index is 1370. The number of hydrogen-bond acceptors (Lipinski definition) is 4. The smallest absolute Gasteiger partial charge is 0.217 e. The van der Waals surface area contributed by atoms with Gasteiger partial charge in [0, 0.05) is 33.8 Å². The second-order valence-electron chi connectivity index (χ2n) is 9.92. The van der Waals surface area contributed by atoms with Gasteiger partial charge in [-0.1, -0.05) is 70.0 Å². The maximum absolute atomic E-state index is 13.0. The summed E-state index contributed by atoms with van der Waals surface area (Å²) >= 11 is 3.60. The zero-order valence-electron chi connectivity index (χ0n) is 20.6. The Labute approximate surface area is 215 Å². The van der Waals surface area contributed by atoms with Gasteiger partial charge in [-0.3, -0.25) is 0 Å². The first kappa shape index (κ1) is 24.0. The van der Waals surface area contributed by atoms with Crippen molar-refractivity contribution in [3.05, 3.63) is 105 Å². The molecule has 1 N–H and O–H groups in total. The summed E-state index contributed by atoms with van der Waals surface area (Å²) in [5.74, 6) is 0.191. The molecule has 180 valence electrons. The molecule has 0 saturated heterocycles. The van der Waals surface area contributed by atoms with Gasteiger partial charge < -0.3 is 14.7 Å². The monoisotopic (exact) mass is 530 g/mol. The molecule has 1 aliphatic carbocycles. The van der Waals surface area contributed by atoms with Crippen LogP contribution in [0.5, 0.6) is 5.88 Å². The minimum absolute atomic E-state index is 0.00224. The maximum atomic E-state index is 13.0. The van der Waals surface area contributed by atoms with E-state index in [4.69, 9.17) is 9.72 Å². The number of benzene rings is 3. The van der Waals surface area contributed by atoms with Crippen LogP contribution in [0, 0.1) is 12.8 Å². The van der Waals surface area contributed by atoms with Crippen molar-refractivity contribution in [2.24, 2.45) is 5.92 Å². The number of aromatic nitrogens is 1. The molecule has 0 unspecified atom stereocenters. The van der Waals surface area contributed by atoms with E-state index in [-0.39, 0.29) is 11.8 Å². The van der Waals surface area contributed by atoms with Gasteiger partial charge >= 0.3 is 0 Å². The van der Waals surface area contributed by atoms with Crippen molar-refractivity contribution in [3.8, 4) is 5.88 Å². The largest absolute Gasteiger partial charge is 0.481 e. The summed E-state index contributed by atoms with van der Waals surface area (Å²) in [6.07, 6.45) is 0.822. The van der Waals surface area contributed by atoms with Crippen molar-refractivity contribution >= 4 is 26.8 Å². The Hall–Kier alpha value is -2.73. The zero-order chi connectivity index (χ0) is 24.7. The summed E-state index contributed by atoms with van der Waals surface area (Å²) in [7, 11) is 5.80. The molecule has 4 nitrogen and oxygen atoms in total. The van der Waals surface area contributed by atoms with Gasteiger partial charge in [0.05, 0.1) is 12.6 Å². The van der Waals surface area contributed by atoms with Gasteiger partial charge in [0.15, 0.2) is 0 Å². The first-order valence-electron chi connectivity index (χ1n) is 12.0. The first-order chi connectivity index (χ1) is 16.8. The van der Waals surface area contributed by atoms with Crippen molar-refractivity contribution in [2.75, 3.05) is 27.7 Å². The molecule has 4 aromatic rings. The van der Waals surface area contributed by atoms with Crippen molar-refractivity contribution in [1.82, 2.24) is 9.88 Å². The molecule has 0 aliphatic heterocycles. The fourth-order valence-corrected chi connectivity index (χ4v) is 6.13. The Balaban J connectivity index is 1.82. The maximum Gasteiger partial charge on any atom is 0.217 e. The van der Waals surface area contributed by atoms with Crippen molar-refractivity contribution < 1.29 is 9.84 Å². The van der Waals surface area contributed by atoms with Crippen LogP contribution in [0.2, 0.25) is 0 Å². The Morgan fingerprint density at radius 2 is 1.86 bits per heavy atom. The van der Waals surface area contributed by atoms with Gasteiger partial charge in [-0.2, -0.15) is 0 Å². The second kappa shape index (κ2) is 9.38. The number of hydrogen-bond donors (Lipinski definition) is 1. The fraction of sp³-hybridized carbons (Fsp3) is 0.300. The highest BCUT2D eigenvalue weighted by molar-refractivity contribution is 9.10. The predicted octanol–water partition coefficient (Wildman–Crippen LogP) is 6.07. The lowest BCUT2D eigenvalue weighted by molar-refractivity contribution is -0.0355. The lowest BCUT2D eigenvalue weighted by Gasteiger charge is -2.41. The summed E-state index contributed by atoms with van der Waals surface area (Å²) in [5.41, 5.74) is 5.03. The molecule has 0 fully saturated rings. The molecule has 5 rings (SSSR count). The average Bonchev–Trinajstić information content (AvgIpc) is 3.10. The van der Waals surface area contributed by atoms with Gasteiger partial charge in [-0.15, -0.1) is 0 Å². The molecule has 0 saturated carbocycles. The minimum atomic E-state index is -1.14. The number of aryl methyl sites for hydroxylation is 1. The summed E-state index contributed by atoms with van der Waals surface area (Å²) in [4.78, 5) is 7.05. The van der Waals surface area contributed by atoms with E-state index in [2.05, 4.69) is 84.3 Å². The summed E-state index contributed by atoms with van der Waals surface area (Å²) in [6.45, 7) is 2.86. The van der Waals surface area contributed by atoms with Crippen molar-refractivity contribution in [1.29, 1.82) is 0 Å². The third-order valence-electron chi connectivity index (χ3n) is 7.22. The van der Waals surface area contributed by atoms with E-state index in [9.17, 15) is 5.11 Å². The number of methoxy groups -OCH3 is 1. The highest BCUT2D eigenvalue weighted by atomic mass is 79.9. The van der Waals surface area contributed by atoms with E-state index >= 15 is 0 Å².